The lowest BCUT2D eigenvalue weighted by Crippen LogP contribution is -2.36. The molecule has 0 aromatic carbocycles. The maximum atomic E-state index is 11.6. The molecule has 2 atom stereocenters. The monoisotopic (exact) mass is 247 g/mol. The molecule has 2 unspecified atom stereocenters. The third kappa shape index (κ3) is 3.07. The average molecular weight is 247 g/mol. The van der Waals surface area contributed by atoms with Crippen molar-refractivity contribution in [2.75, 3.05) is 5.32 Å². The normalized spacial score (nSPS) is 21.6. The van der Waals surface area contributed by atoms with Gasteiger partial charge < -0.3 is 15.7 Å². The van der Waals surface area contributed by atoms with E-state index >= 15 is 0 Å². The molecule has 0 spiro atoms. The lowest BCUT2D eigenvalue weighted by atomic mass is 10.1. The van der Waals surface area contributed by atoms with Crippen LogP contribution in [0.3, 0.4) is 0 Å². The van der Waals surface area contributed by atoms with Crippen molar-refractivity contribution in [1.82, 2.24) is 10.3 Å². The Balaban J connectivity index is 1.83. The Morgan fingerprint density at radius 2 is 2.22 bits per heavy atom. The molecule has 0 fully saturated rings. The van der Waals surface area contributed by atoms with Crippen molar-refractivity contribution in [1.29, 1.82) is 0 Å². The first-order valence-electron chi connectivity index (χ1n) is 5.54. The minimum Gasteiger partial charge on any atom is -0.481 e. The van der Waals surface area contributed by atoms with Crippen LogP contribution in [0, 0.1) is 5.92 Å². The summed E-state index contributed by atoms with van der Waals surface area (Å²) in [5, 5.41) is 14.1. The predicted octanol–water partition coefficient (Wildman–Crippen LogP) is 1.23. The smallest absolute Gasteiger partial charge is 0.319 e. The van der Waals surface area contributed by atoms with E-state index in [0.717, 1.165) is 0 Å². The molecule has 2 amide bonds. The zero-order valence-electron chi connectivity index (χ0n) is 9.54. The van der Waals surface area contributed by atoms with Crippen LogP contribution >= 0.6 is 0 Å². The largest absolute Gasteiger partial charge is 0.481 e. The second-order valence-electron chi connectivity index (χ2n) is 4.01. The Labute approximate surface area is 104 Å². The number of urea groups is 1. The van der Waals surface area contributed by atoms with Gasteiger partial charge in [-0.1, -0.05) is 12.2 Å². The van der Waals surface area contributed by atoms with Crippen LogP contribution < -0.4 is 10.6 Å². The van der Waals surface area contributed by atoms with Crippen LogP contribution in [0.5, 0.6) is 0 Å². The van der Waals surface area contributed by atoms with Gasteiger partial charge >= 0.3 is 12.0 Å². The highest BCUT2D eigenvalue weighted by Gasteiger charge is 2.25. The number of hydrogen-bond acceptors (Lipinski definition) is 3. The fourth-order valence-corrected chi connectivity index (χ4v) is 1.76. The van der Waals surface area contributed by atoms with Gasteiger partial charge in [-0.15, -0.1) is 0 Å². The fourth-order valence-electron chi connectivity index (χ4n) is 1.76. The van der Waals surface area contributed by atoms with Crippen LogP contribution in [0.25, 0.3) is 0 Å². The van der Waals surface area contributed by atoms with Crippen molar-refractivity contribution in [3.05, 3.63) is 36.7 Å². The highest BCUT2D eigenvalue weighted by Crippen LogP contribution is 2.18. The molecule has 1 aromatic rings. The van der Waals surface area contributed by atoms with Crippen molar-refractivity contribution in [2.24, 2.45) is 5.92 Å². The molecule has 0 bridgehead atoms. The topological polar surface area (TPSA) is 91.3 Å². The van der Waals surface area contributed by atoms with Crippen molar-refractivity contribution in [2.45, 2.75) is 12.5 Å². The van der Waals surface area contributed by atoms with Gasteiger partial charge in [0.25, 0.3) is 0 Å². The summed E-state index contributed by atoms with van der Waals surface area (Å²) in [6.45, 7) is 0. The van der Waals surface area contributed by atoms with Gasteiger partial charge in [0.05, 0.1) is 23.8 Å². The van der Waals surface area contributed by atoms with Gasteiger partial charge in [-0.3, -0.25) is 9.78 Å². The minimum atomic E-state index is -0.872. The van der Waals surface area contributed by atoms with Crippen LogP contribution in [0.2, 0.25) is 0 Å². The molecular weight excluding hydrogens is 234 g/mol. The summed E-state index contributed by atoms with van der Waals surface area (Å²) >= 11 is 0. The molecule has 0 radical (unpaired) electrons. The Morgan fingerprint density at radius 1 is 1.39 bits per heavy atom. The number of carbonyl (C=O) groups is 2. The summed E-state index contributed by atoms with van der Waals surface area (Å²) < 4.78 is 0. The van der Waals surface area contributed by atoms with E-state index < -0.39 is 11.9 Å². The van der Waals surface area contributed by atoms with E-state index in [4.69, 9.17) is 5.11 Å². The lowest BCUT2D eigenvalue weighted by molar-refractivity contribution is -0.140. The fraction of sp³-hybridized carbons (Fsp3) is 0.250. The van der Waals surface area contributed by atoms with Crippen LogP contribution in [0.1, 0.15) is 6.42 Å². The first kappa shape index (κ1) is 12.1. The summed E-state index contributed by atoms with van der Waals surface area (Å²) in [7, 11) is 0. The second-order valence-corrected chi connectivity index (χ2v) is 4.01. The molecule has 0 aliphatic heterocycles. The minimum absolute atomic E-state index is 0.247. The first-order valence-corrected chi connectivity index (χ1v) is 5.54. The third-order valence-electron chi connectivity index (χ3n) is 2.64. The van der Waals surface area contributed by atoms with E-state index in [1.807, 2.05) is 0 Å². The molecule has 1 aliphatic rings. The second kappa shape index (κ2) is 5.31. The zero-order valence-corrected chi connectivity index (χ0v) is 9.54. The SMILES string of the molecule is O=C(Nc1cccnc1)NC1C=CC(C(=O)O)C1. The number of nitrogens with zero attached hydrogens (tertiary/aromatic N) is 1. The number of rotatable bonds is 3. The number of aromatic nitrogens is 1. The summed E-state index contributed by atoms with van der Waals surface area (Å²) in [5.41, 5.74) is 0.590. The molecule has 6 heteroatoms. The standard InChI is InChI=1S/C12H13N3O3/c16-11(17)8-3-4-9(6-8)14-12(18)15-10-2-1-5-13-7-10/h1-5,7-9H,6H2,(H,16,17)(H2,14,15,18). The van der Waals surface area contributed by atoms with Gasteiger partial charge in [0.1, 0.15) is 0 Å². The predicted molar refractivity (Wildman–Crippen MR) is 65.1 cm³/mol. The van der Waals surface area contributed by atoms with Crippen molar-refractivity contribution < 1.29 is 14.7 Å². The molecule has 0 saturated carbocycles. The number of pyridine rings is 1. The van der Waals surface area contributed by atoms with Crippen LogP contribution in [0.15, 0.2) is 36.7 Å². The van der Waals surface area contributed by atoms with Gasteiger partial charge in [-0.2, -0.15) is 0 Å². The van der Waals surface area contributed by atoms with E-state index in [9.17, 15) is 9.59 Å². The quantitative estimate of drug-likeness (QED) is 0.700. The van der Waals surface area contributed by atoms with Gasteiger partial charge in [0.15, 0.2) is 0 Å². The maximum absolute atomic E-state index is 11.6. The van der Waals surface area contributed by atoms with Gasteiger partial charge in [0, 0.05) is 6.20 Å². The molecule has 1 heterocycles. The van der Waals surface area contributed by atoms with E-state index in [1.165, 1.54) is 6.20 Å². The number of carbonyl (C=O) groups excluding carboxylic acids is 1. The van der Waals surface area contributed by atoms with Crippen LogP contribution in [0.4, 0.5) is 10.5 Å². The highest BCUT2D eigenvalue weighted by molar-refractivity contribution is 5.89. The van der Waals surface area contributed by atoms with E-state index in [0.29, 0.717) is 12.1 Å². The Kier molecular flexibility index (Phi) is 3.57. The number of carboxylic acid groups (broad SMARTS) is 1. The molecule has 18 heavy (non-hydrogen) atoms. The van der Waals surface area contributed by atoms with E-state index in [1.54, 1.807) is 30.5 Å². The molecule has 6 nitrogen and oxygen atoms in total. The van der Waals surface area contributed by atoms with E-state index in [2.05, 4.69) is 15.6 Å². The third-order valence-corrected chi connectivity index (χ3v) is 2.64. The summed E-state index contributed by atoms with van der Waals surface area (Å²) in [4.78, 5) is 26.2. The molecule has 2 rings (SSSR count). The number of nitrogens with one attached hydrogen (secondary N) is 2. The maximum Gasteiger partial charge on any atom is 0.319 e. The van der Waals surface area contributed by atoms with Crippen molar-refractivity contribution >= 4 is 17.7 Å². The van der Waals surface area contributed by atoms with Crippen molar-refractivity contribution in [3.63, 3.8) is 0 Å². The Hall–Kier alpha value is -2.37. The average Bonchev–Trinajstić information content (AvgIpc) is 2.78. The summed E-state index contributed by atoms with van der Waals surface area (Å²) in [6, 6.07) is 2.81. The molecule has 0 saturated heterocycles. The number of hydrogen-bond donors (Lipinski definition) is 3. The zero-order chi connectivity index (χ0) is 13.0. The molecule has 94 valence electrons. The number of aliphatic carboxylic acids is 1. The van der Waals surface area contributed by atoms with E-state index in [-0.39, 0.29) is 12.1 Å². The molecule has 1 aromatic heterocycles. The summed E-state index contributed by atoms with van der Waals surface area (Å²) in [5.74, 6) is -1.39. The first-order chi connectivity index (χ1) is 8.65. The molecular formula is C12H13N3O3. The lowest BCUT2D eigenvalue weighted by Gasteiger charge is -2.12. The Bertz CT molecular complexity index is 473. The number of amides is 2. The summed E-state index contributed by atoms with van der Waals surface area (Å²) in [6.07, 6.45) is 6.82. The number of anilines is 1. The van der Waals surface area contributed by atoms with Gasteiger partial charge in [-0.25, -0.2) is 4.79 Å². The molecule has 1 aliphatic carbocycles. The van der Waals surface area contributed by atoms with Crippen LogP contribution in [-0.2, 0) is 4.79 Å². The van der Waals surface area contributed by atoms with Gasteiger partial charge in [-0.05, 0) is 18.6 Å². The highest BCUT2D eigenvalue weighted by atomic mass is 16.4. The molecule has 3 N–H and O–H groups in total. The van der Waals surface area contributed by atoms with Gasteiger partial charge in [0.2, 0.25) is 0 Å². The van der Waals surface area contributed by atoms with Crippen molar-refractivity contribution in [3.8, 4) is 0 Å². The Morgan fingerprint density at radius 3 is 2.83 bits per heavy atom. The number of carboxylic acids is 1. The van der Waals surface area contributed by atoms with Crippen LogP contribution in [-0.4, -0.2) is 28.1 Å².